The van der Waals surface area contributed by atoms with Crippen LogP contribution in [0.25, 0.3) is 16.6 Å². The lowest BCUT2D eigenvalue weighted by molar-refractivity contribution is 0.0675. The van der Waals surface area contributed by atoms with Crippen LogP contribution in [0.4, 0.5) is 20.2 Å². The molecule has 0 spiro atoms. The van der Waals surface area contributed by atoms with Crippen molar-refractivity contribution >= 4 is 28.2 Å². The number of halogens is 2. The molecule has 4 heterocycles. The number of carbonyl (C=O) groups excluding carboxylic acids is 1. The number of nitrogens with one attached hydrogen (secondary N) is 1. The van der Waals surface area contributed by atoms with Crippen LogP contribution in [-0.2, 0) is 4.74 Å². The number of aromatic nitrogens is 4. The van der Waals surface area contributed by atoms with Gasteiger partial charge in [0.25, 0.3) is 11.5 Å². The maximum atomic E-state index is 14.4. The van der Waals surface area contributed by atoms with Gasteiger partial charge in [-0.05, 0) is 55.5 Å². The summed E-state index contributed by atoms with van der Waals surface area (Å²) in [5.41, 5.74) is 0.879. The summed E-state index contributed by atoms with van der Waals surface area (Å²) >= 11 is 0. The summed E-state index contributed by atoms with van der Waals surface area (Å²) < 4.78 is 36.9. The molecule has 0 radical (unpaired) electrons. The average Bonchev–Trinajstić information content (AvgIpc) is 3.56. The van der Waals surface area contributed by atoms with E-state index in [2.05, 4.69) is 22.2 Å². The van der Waals surface area contributed by atoms with Crippen molar-refractivity contribution in [2.24, 2.45) is 5.92 Å². The highest BCUT2D eigenvalue weighted by atomic mass is 19.1. The van der Waals surface area contributed by atoms with E-state index < -0.39 is 28.8 Å². The number of hydrogen-bond donors (Lipinski definition) is 1. The van der Waals surface area contributed by atoms with Crippen LogP contribution in [0.3, 0.4) is 0 Å². The average molecular weight is 535 g/mol. The number of ether oxygens (including phenoxy) is 1. The third kappa shape index (κ3) is 4.67. The van der Waals surface area contributed by atoms with Crippen molar-refractivity contribution < 1.29 is 18.3 Å². The molecule has 2 aliphatic heterocycles. The van der Waals surface area contributed by atoms with Gasteiger partial charge >= 0.3 is 0 Å². The zero-order chi connectivity index (χ0) is 27.1. The molecule has 2 aromatic carbocycles. The van der Waals surface area contributed by atoms with Crippen LogP contribution in [-0.4, -0.2) is 51.8 Å². The molecule has 39 heavy (non-hydrogen) atoms. The normalized spacial score (nSPS) is 18.1. The van der Waals surface area contributed by atoms with Crippen molar-refractivity contribution in [3.8, 4) is 5.69 Å². The van der Waals surface area contributed by atoms with Gasteiger partial charge in [-0.2, -0.15) is 14.9 Å². The Labute approximate surface area is 223 Å². The van der Waals surface area contributed by atoms with Crippen molar-refractivity contribution in [3.63, 3.8) is 0 Å². The fourth-order valence-electron chi connectivity index (χ4n) is 5.48. The summed E-state index contributed by atoms with van der Waals surface area (Å²) in [5.74, 6) is -2.03. The molecule has 2 aromatic heterocycles. The van der Waals surface area contributed by atoms with Gasteiger partial charge in [-0.1, -0.05) is 13.0 Å². The summed E-state index contributed by atoms with van der Waals surface area (Å²) in [4.78, 5) is 28.0. The Morgan fingerprint density at radius 3 is 2.51 bits per heavy atom. The molecule has 1 atom stereocenters. The quantitative estimate of drug-likeness (QED) is 0.410. The van der Waals surface area contributed by atoms with Crippen LogP contribution in [0.2, 0.25) is 0 Å². The van der Waals surface area contributed by atoms with Gasteiger partial charge in [-0.15, -0.1) is 0 Å². The van der Waals surface area contributed by atoms with Gasteiger partial charge < -0.3 is 15.0 Å². The Hall–Kier alpha value is -4.12. The molecular formula is C28H28F2N6O3. The Bertz CT molecular complexity index is 1590. The SMILES string of the molecule is C[C@H]1CCN(c2c(NC(=O)c3ccc(=O)n(-c4c(F)cccc4F)n3)ccc3c2cnn3C2CCOCC2)C1. The zero-order valence-corrected chi connectivity index (χ0v) is 21.4. The second kappa shape index (κ2) is 10.2. The van der Waals surface area contributed by atoms with Gasteiger partial charge in [0.05, 0.1) is 29.1 Å². The molecule has 0 bridgehead atoms. The lowest BCUT2D eigenvalue weighted by Gasteiger charge is -2.25. The molecule has 2 fully saturated rings. The van der Waals surface area contributed by atoms with E-state index in [1.165, 1.54) is 12.1 Å². The third-order valence-corrected chi connectivity index (χ3v) is 7.46. The number of hydrogen-bond acceptors (Lipinski definition) is 6. The highest BCUT2D eigenvalue weighted by molar-refractivity contribution is 6.08. The number of amides is 1. The second-order valence-electron chi connectivity index (χ2n) is 10.2. The second-order valence-corrected chi connectivity index (χ2v) is 10.2. The van der Waals surface area contributed by atoms with Crippen molar-refractivity contribution in [1.29, 1.82) is 0 Å². The minimum atomic E-state index is -0.959. The van der Waals surface area contributed by atoms with Crippen molar-refractivity contribution in [1.82, 2.24) is 19.6 Å². The maximum absolute atomic E-state index is 14.4. The van der Waals surface area contributed by atoms with Crippen LogP contribution in [0.1, 0.15) is 42.7 Å². The lowest BCUT2D eigenvalue weighted by atomic mass is 10.1. The summed E-state index contributed by atoms with van der Waals surface area (Å²) in [6.07, 6.45) is 4.64. The first-order valence-electron chi connectivity index (χ1n) is 13.1. The number of carbonyl (C=O) groups is 1. The van der Waals surface area contributed by atoms with Gasteiger partial charge in [-0.3, -0.25) is 14.3 Å². The molecule has 6 rings (SSSR count). The van der Waals surface area contributed by atoms with Gasteiger partial charge in [-0.25, -0.2) is 8.78 Å². The Morgan fingerprint density at radius 1 is 1.03 bits per heavy atom. The van der Waals surface area contributed by atoms with Crippen LogP contribution < -0.4 is 15.8 Å². The highest BCUT2D eigenvalue weighted by Gasteiger charge is 2.27. The number of rotatable bonds is 5. The number of fused-ring (bicyclic) bond motifs is 1. The van der Waals surface area contributed by atoms with E-state index in [1.54, 1.807) is 0 Å². The summed E-state index contributed by atoms with van der Waals surface area (Å²) in [6.45, 7) is 5.26. The lowest BCUT2D eigenvalue weighted by Crippen LogP contribution is -2.27. The van der Waals surface area contributed by atoms with E-state index in [4.69, 9.17) is 9.84 Å². The predicted octanol–water partition coefficient (Wildman–Crippen LogP) is 4.31. The van der Waals surface area contributed by atoms with Gasteiger partial charge in [0.1, 0.15) is 11.4 Å². The van der Waals surface area contributed by atoms with Crippen LogP contribution >= 0.6 is 0 Å². The largest absolute Gasteiger partial charge is 0.381 e. The molecular weight excluding hydrogens is 506 g/mol. The smallest absolute Gasteiger partial charge is 0.276 e. The monoisotopic (exact) mass is 534 g/mol. The van der Waals surface area contributed by atoms with E-state index in [0.29, 0.717) is 29.5 Å². The van der Waals surface area contributed by atoms with Crippen molar-refractivity contribution in [2.45, 2.75) is 32.2 Å². The van der Waals surface area contributed by atoms with Gasteiger partial charge in [0.2, 0.25) is 0 Å². The molecule has 1 amide bonds. The molecule has 202 valence electrons. The van der Waals surface area contributed by atoms with Gasteiger partial charge in [0.15, 0.2) is 11.6 Å². The predicted molar refractivity (Wildman–Crippen MR) is 143 cm³/mol. The number of nitrogens with zero attached hydrogens (tertiary/aromatic N) is 5. The molecule has 0 aliphatic carbocycles. The first kappa shape index (κ1) is 25.2. The van der Waals surface area contributed by atoms with Crippen LogP contribution in [0.15, 0.2) is 53.5 Å². The highest BCUT2D eigenvalue weighted by Crippen LogP contribution is 2.39. The van der Waals surface area contributed by atoms with E-state index in [-0.39, 0.29) is 11.7 Å². The minimum absolute atomic E-state index is 0.156. The number of para-hydroxylation sites is 1. The van der Waals surface area contributed by atoms with Crippen LogP contribution in [0.5, 0.6) is 0 Å². The van der Waals surface area contributed by atoms with E-state index >= 15 is 0 Å². The summed E-state index contributed by atoms with van der Waals surface area (Å²) in [7, 11) is 0. The molecule has 0 saturated carbocycles. The van der Waals surface area contributed by atoms with Crippen LogP contribution in [0, 0.1) is 17.6 Å². The number of anilines is 2. The molecule has 2 saturated heterocycles. The Morgan fingerprint density at radius 2 is 1.79 bits per heavy atom. The summed E-state index contributed by atoms with van der Waals surface area (Å²) in [6, 6.07) is 9.59. The Balaban J connectivity index is 1.38. The zero-order valence-electron chi connectivity index (χ0n) is 21.4. The minimum Gasteiger partial charge on any atom is -0.381 e. The molecule has 0 unspecified atom stereocenters. The standard InChI is InChI=1S/C28H28F2N6O3/c1-17-9-12-34(16-17)26-19-15-31-35(18-10-13-39-14-11-18)24(19)7-5-22(26)32-28(38)23-6-8-25(37)36(33-23)27-20(29)3-2-4-21(27)30/h2-8,15,17-18H,9-14,16H2,1H3,(H,32,38)/t17-/m0/s1. The summed E-state index contributed by atoms with van der Waals surface area (Å²) in [5, 5.41) is 12.6. The number of benzene rings is 2. The molecule has 9 nitrogen and oxygen atoms in total. The van der Waals surface area contributed by atoms with E-state index in [1.807, 2.05) is 23.0 Å². The first-order chi connectivity index (χ1) is 18.9. The Kier molecular flexibility index (Phi) is 6.59. The molecule has 2 aliphatic rings. The third-order valence-electron chi connectivity index (χ3n) is 7.46. The van der Waals surface area contributed by atoms with Gasteiger partial charge in [0, 0.05) is 37.8 Å². The molecule has 11 heteroatoms. The topological polar surface area (TPSA) is 94.3 Å². The fourth-order valence-corrected chi connectivity index (χ4v) is 5.48. The van der Waals surface area contributed by atoms with E-state index in [0.717, 1.165) is 67.1 Å². The first-order valence-corrected chi connectivity index (χ1v) is 13.1. The van der Waals surface area contributed by atoms with E-state index in [9.17, 15) is 18.4 Å². The fraction of sp³-hybridized carbons (Fsp3) is 0.357. The maximum Gasteiger partial charge on any atom is 0.276 e. The van der Waals surface area contributed by atoms with Crippen molar-refractivity contribution in [2.75, 3.05) is 36.5 Å². The molecule has 4 aromatic rings. The van der Waals surface area contributed by atoms with Crippen molar-refractivity contribution in [3.05, 3.63) is 76.3 Å². The molecule has 1 N–H and O–H groups in total.